The Bertz CT molecular complexity index is 1150. The molecule has 6 rings (SSSR count). The van der Waals surface area contributed by atoms with Crippen molar-refractivity contribution in [2.24, 2.45) is 0 Å². The second-order valence-corrected chi connectivity index (χ2v) is 7.40. The van der Waals surface area contributed by atoms with E-state index in [0.29, 0.717) is 18.2 Å². The summed E-state index contributed by atoms with van der Waals surface area (Å²) in [5.74, 6) is 0.558. The van der Waals surface area contributed by atoms with E-state index < -0.39 is 0 Å². The van der Waals surface area contributed by atoms with Crippen LogP contribution >= 0.6 is 0 Å². The minimum absolute atomic E-state index is 0.143. The third-order valence-electron chi connectivity index (χ3n) is 5.61. The summed E-state index contributed by atoms with van der Waals surface area (Å²) in [6, 6.07) is 7.56. The lowest BCUT2D eigenvalue weighted by atomic mass is 9.99. The van der Waals surface area contributed by atoms with Gasteiger partial charge in [0, 0.05) is 30.8 Å². The van der Waals surface area contributed by atoms with E-state index in [9.17, 15) is 4.79 Å². The second-order valence-electron chi connectivity index (χ2n) is 7.40. The van der Waals surface area contributed by atoms with Crippen molar-refractivity contribution in [3.8, 4) is 0 Å². The molecule has 140 valence electrons. The predicted octanol–water partition coefficient (Wildman–Crippen LogP) is 2.71. The second kappa shape index (κ2) is 5.79. The minimum atomic E-state index is -0.362. The van der Waals surface area contributed by atoms with Gasteiger partial charge in [0.2, 0.25) is 5.76 Å². The number of H-pyrrole nitrogens is 1. The van der Waals surface area contributed by atoms with Crippen LogP contribution in [0.4, 0.5) is 0 Å². The van der Waals surface area contributed by atoms with E-state index in [2.05, 4.69) is 15.0 Å². The van der Waals surface area contributed by atoms with E-state index in [1.165, 1.54) is 6.39 Å². The van der Waals surface area contributed by atoms with E-state index in [0.717, 1.165) is 47.6 Å². The Morgan fingerprint density at radius 2 is 2.14 bits per heavy atom. The fraction of sp³-hybridized carbons (Fsp3) is 0.300. The summed E-state index contributed by atoms with van der Waals surface area (Å²) in [7, 11) is 0. The molecule has 1 N–H and O–H groups in total. The van der Waals surface area contributed by atoms with Crippen molar-refractivity contribution < 1.29 is 9.21 Å². The lowest BCUT2D eigenvalue weighted by molar-refractivity contribution is 0.0652. The number of fused-ring (bicyclic) bond motifs is 2. The van der Waals surface area contributed by atoms with Crippen molar-refractivity contribution in [1.29, 1.82) is 0 Å². The number of hydrogen-bond donors (Lipinski definition) is 1. The predicted molar refractivity (Wildman–Crippen MR) is 98.8 cm³/mol. The highest BCUT2D eigenvalue weighted by Gasteiger charge is 2.40. The molecule has 1 saturated carbocycles. The number of hydrogen-bond acceptors (Lipinski definition) is 5. The first-order valence-corrected chi connectivity index (χ1v) is 9.50. The maximum atomic E-state index is 13.5. The molecule has 0 bridgehead atoms. The number of oxazole rings is 1. The number of imidazole rings is 1. The van der Waals surface area contributed by atoms with Gasteiger partial charge >= 0.3 is 0 Å². The van der Waals surface area contributed by atoms with Crippen molar-refractivity contribution in [3.05, 3.63) is 71.7 Å². The fourth-order valence-corrected chi connectivity index (χ4v) is 4.08. The summed E-state index contributed by atoms with van der Waals surface area (Å²) < 4.78 is 7.36. The standard InChI is InChI=1S/C20H18N6O2/c27-20(19-16(12-4-5-12)23-11-28-19)25-8-6-14-17(22-10-21-14)18(25)15-9-13-3-1-2-7-26(13)24-15/h1-3,7,9-12,18H,4-6,8H2,(H,21,22). The lowest BCUT2D eigenvalue weighted by Crippen LogP contribution is -2.41. The topological polar surface area (TPSA) is 92.3 Å². The number of nitrogens with one attached hydrogen (secondary N) is 1. The normalized spacial score (nSPS) is 19.1. The molecular weight excluding hydrogens is 356 g/mol. The number of aromatic nitrogens is 5. The SMILES string of the molecule is O=C(c1ocnc1C1CC1)N1CCc2[nH]cnc2C1c1cc2ccccn2n1. The Morgan fingerprint density at radius 1 is 1.21 bits per heavy atom. The highest BCUT2D eigenvalue weighted by atomic mass is 16.3. The van der Waals surface area contributed by atoms with Gasteiger partial charge in [-0.1, -0.05) is 6.07 Å². The molecule has 0 aromatic carbocycles. The van der Waals surface area contributed by atoms with Crippen molar-refractivity contribution in [3.63, 3.8) is 0 Å². The molecule has 5 heterocycles. The Balaban J connectivity index is 1.46. The molecule has 1 fully saturated rings. The Hall–Kier alpha value is -3.42. The molecule has 1 atom stereocenters. The van der Waals surface area contributed by atoms with Crippen molar-refractivity contribution in [1.82, 2.24) is 29.5 Å². The molecule has 1 unspecified atom stereocenters. The van der Waals surface area contributed by atoms with E-state index >= 15 is 0 Å². The van der Waals surface area contributed by atoms with Gasteiger partial charge in [-0.15, -0.1) is 0 Å². The molecule has 8 heteroatoms. The summed E-state index contributed by atoms with van der Waals surface area (Å²) >= 11 is 0. The molecule has 28 heavy (non-hydrogen) atoms. The van der Waals surface area contributed by atoms with Gasteiger partial charge in [-0.2, -0.15) is 5.10 Å². The number of nitrogens with zero attached hydrogens (tertiary/aromatic N) is 5. The molecule has 4 aromatic rings. The van der Waals surface area contributed by atoms with Gasteiger partial charge in [0.1, 0.15) is 6.04 Å². The number of rotatable bonds is 3. The molecule has 1 aliphatic heterocycles. The van der Waals surface area contributed by atoms with Gasteiger partial charge in [-0.25, -0.2) is 14.5 Å². The molecule has 1 amide bonds. The molecule has 0 spiro atoms. The first-order valence-electron chi connectivity index (χ1n) is 9.50. The number of carbonyl (C=O) groups is 1. The Morgan fingerprint density at radius 3 is 3.00 bits per heavy atom. The molecule has 1 aliphatic carbocycles. The van der Waals surface area contributed by atoms with Gasteiger partial charge in [0.05, 0.1) is 28.9 Å². The summed E-state index contributed by atoms with van der Waals surface area (Å²) in [5.41, 5.74) is 4.44. The first kappa shape index (κ1) is 15.6. The van der Waals surface area contributed by atoms with Crippen LogP contribution in [0.5, 0.6) is 0 Å². The average molecular weight is 374 g/mol. The monoisotopic (exact) mass is 374 g/mol. The number of carbonyl (C=O) groups excluding carboxylic acids is 1. The Kier molecular flexibility index (Phi) is 3.23. The molecule has 2 aliphatic rings. The van der Waals surface area contributed by atoms with E-state index in [1.54, 1.807) is 6.33 Å². The summed E-state index contributed by atoms with van der Waals surface area (Å²) in [6.07, 6.45) is 7.81. The smallest absolute Gasteiger partial charge is 0.292 e. The number of aromatic amines is 1. The zero-order valence-corrected chi connectivity index (χ0v) is 15.1. The van der Waals surface area contributed by atoms with Crippen molar-refractivity contribution in [2.45, 2.75) is 31.2 Å². The third-order valence-corrected chi connectivity index (χ3v) is 5.61. The minimum Gasteiger partial charge on any atom is -0.438 e. The molecular formula is C20H18N6O2. The third kappa shape index (κ3) is 2.30. The van der Waals surface area contributed by atoms with Gasteiger partial charge in [0.15, 0.2) is 6.39 Å². The van der Waals surface area contributed by atoms with Gasteiger partial charge in [-0.3, -0.25) is 4.79 Å². The molecule has 0 radical (unpaired) electrons. The molecule has 8 nitrogen and oxygen atoms in total. The zero-order valence-electron chi connectivity index (χ0n) is 15.1. The summed E-state index contributed by atoms with van der Waals surface area (Å²) in [6.45, 7) is 0.567. The summed E-state index contributed by atoms with van der Waals surface area (Å²) in [5, 5.41) is 4.72. The zero-order chi connectivity index (χ0) is 18.7. The highest BCUT2D eigenvalue weighted by molar-refractivity contribution is 5.93. The Labute approximate surface area is 160 Å². The van der Waals surface area contributed by atoms with E-state index in [-0.39, 0.29) is 11.9 Å². The van der Waals surface area contributed by atoms with Crippen LogP contribution in [-0.4, -0.2) is 41.9 Å². The maximum absolute atomic E-state index is 13.5. The van der Waals surface area contributed by atoms with Crippen LogP contribution < -0.4 is 0 Å². The van der Waals surface area contributed by atoms with Gasteiger partial charge in [0.25, 0.3) is 5.91 Å². The van der Waals surface area contributed by atoms with Gasteiger partial charge < -0.3 is 14.3 Å². The van der Waals surface area contributed by atoms with E-state index in [4.69, 9.17) is 9.52 Å². The van der Waals surface area contributed by atoms with Crippen LogP contribution in [0.3, 0.4) is 0 Å². The van der Waals surface area contributed by atoms with Crippen LogP contribution in [0.15, 0.2) is 47.6 Å². The first-order chi connectivity index (χ1) is 13.8. The molecule has 4 aromatic heterocycles. The highest BCUT2D eigenvalue weighted by Crippen LogP contribution is 2.42. The van der Waals surface area contributed by atoms with Crippen LogP contribution in [0.1, 0.15) is 58.1 Å². The van der Waals surface area contributed by atoms with Crippen molar-refractivity contribution in [2.75, 3.05) is 6.54 Å². The lowest BCUT2D eigenvalue weighted by Gasteiger charge is -2.33. The molecule has 0 saturated heterocycles. The van der Waals surface area contributed by atoms with Crippen molar-refractivity contribution >= 4 is 11.4 Å². The quantitative estimate of drug-likeness (QED) is 0.595. The average Bonchev–Trinajstić information content (AvgIpc) is 3.14. The van der Waals surface area contributed by atoms with Crippen LogP contribution in [-0.2, 0) is 6.42 Å². The van der Waals surface area contributed by atoms with Gasteiger partial charge in [-0.05, 0) is 31.0 Å². The van der Waals surface area contributed by atoms with Crippen LogP contribution in [0.25, 0.3) is 5.52 Å². The largest absolute Gasteiger partial charge is 0.438 e. The van der Waals surface area contributed by atoms with Crippen LogP contribution in [0.2, 0.25) is 0 Å². The fourth-order valence-electron chi connectivity index (χ4n) is 4.08. The maximum Gasteiger partial charge on any atom is 0.292 e. The number of amides is 1. The van der Waals surface area contributed by atoms with Crippen LogP contribution in [0, 0.1) is 0 Å². The summed E-state index contributed by atoms with van der Waals surface area (Å²) in [4.78, 5) is 27.3. The van der Waals surface area contributed by atoms with E-state index in [1.807, 2.05) is 39.9 Å². The number of pyridine rings is 1.